The predicted molar refractivity (Wildman–Crippen MR) is 122 cm³/mol. The number of methoxy groups -OCH3 is 1. The third-order valence-corrected chi connectivity index (χ3v) is 7.43. The maximum absolute atomic E-state index is 12.7. The van der Waals surface area contributed by atoms with Crippen LogP contribution in [0.1, 0.15) is 80.5 Å². The molecule has 8 heteroatoms. The molecule has 0 radical (unpaired) electrons. The van der Waals surface area contributed by atoms with Gasteiger partial charge in [-0.2, -0.15) is 4.36 Å². The number of ether oxygens (including phenoxy) is 1. The Bertz CT molecular complexity index is 952. The van der Waals surface area contributed by atoms with Crippen molar-refractivity contribution in [3.05, 3.63) is 45.5 Å². The van der Waals surface area contributed by atoms with Gasteiger partial charge in [0.25, 0.3) is 5.91 Å². The molecule has 1 aromatic carbocycles. The van der Waals surface area contributed by atoms with E-state index in [-0.39, 0.29) is 22.6 Å². The number of thiazole rings is 1. The molecule has 1 amide bonds. The summed E-state index contributed by atoms with van der Waals surface area (Å²) in [5.41, 5.74) is 3.13. The van der Waals surface area contributed by atoms with Crippen molar-refractivity contribution in [1.82, 2.24) is 4.98 Å². The number of rotatable bonds is 8. The van der Waals surface area contributed by atoms with Crippen LogP contribution in [-0.4, -0.2) is 27.3 Å². The summed E-state index contributed by atoms with van der Waals surface area (Å²) in [6, 6.07) is 4.16. The lowest BCUT2D eigenvalue weighted by Gasteiger charge is -2.21. The summed E-state index contributed by atoms with van der Waals surface area (Å²) in [6.07, 6.45) is 1.58. The Hall–Kier alpha value is -1.61. The van der Waals surface area contributed by atoms with Crippen LogP contribution in [0.2, 0.25) is 0 Å². The van der Waals surface area contributed by atoms with E-state index in [1.165, 1.54) is 6.20 Å². The molecule has 1 atom stereocenters. The van der Waals surface area contributed by atoms with Crippen LogP contribution in [0.25, 0.3) is 0 Å². The van der Waals surface area contributed by atoms with E-state index in [4.69, 9.17) is 4.74 Å². The van der Waals surface area contributed by atoms with E-state index in [1.54, 1.807) is 21.0 Å². The van der Waals surface area contributed by atoms with Crippen molar-refractivity contribution in [1.29, 1.82) is 0 Å². The van der Waals surface area contributed by atoms with E-state index in [9.17, 15) is 14.1 Å². The van der Waals surface area contributed by atoms with E-state index < -0.39 is 22.1 Å². The van der Waals surface area contributed by atoms with Gasteiger partial charge in [-0.3, -0.25) is 4.79 Å². The second kappa shape index (κ2) is 10.1. The SMILES string of the molecule is COCc1cc(C(C)C)c(CC(=O)/N=[SH](=O)/c2ncc(C(C)(C)O)s2)c(C(C)C)c1. The van der Waals surface area contributed by atoms with Crippen LogP contribution in [0.5, 0.6) is 0 Å². The van der Waals surface area contributed by atoms with Gasteiger partial charge in [-0.05, 0) is 47.9 Å². The number of aromatic nitrogens is 1. The normalized spacial score (nSPS) is 13.4. The molecule has 0 bridgehead atoms. The van der Waals surface area contributed by atoms with Crippen molar-refractivity contribution < 1.29 is 18.8 Å². The van der Waals surface area contributed by atoms with Crippen molar-refractivity contribution in [2.75, 3.05) is 7.11 Å². The molecule has 6 nitrogen and oxygen atoms in total. The van der Waals surface area contributed by atoms with Crippen LogP contribution in [-0.2, 0) is 38.8 Å². The van der Waals surface area contributed by atoms with Crippen molar-refractivity contribution in [2.24, 2.45) is 4.36 Å². The van der Waals surface area contributed by atoms with Crippen molar-refractivity contribution in [3.63, 3.8) is 0 Å². The summed E-state index contributed by atoms with van der Waals surface area (Å²) >= 11 is 1.12. The van der Waals surface area contributed by atoms with Crippen LogP contribution in [0.4, 0.5) is 0 Å². The first kappa shape index (κ1) is 24.7. The fraction of sp³-hybridized carbons (Fsp3) is 0.545. The Balaban J connectivity index is 2.38. The van der Waals surface area contributed by atoms with Crippen LogP contribution in [0.3, 0.4) is 0 Å². The standard InChI is InChI=1S/C22H32N2O4S2/c1-13(2)16-8-15(12-28-7)9-17(14(3)4)18(16)10-20(25)24-30(27)21-23-11-19(29-21)22(5,6)26/h8-9,11,13-14,26,30H,10,12H2,1-7H3. The van der Waals surface area contributed by atoms with E-state index >= 15 is 0 Å². The van der Waals surface area contributed by atoms with Gasteiger partial charge < -0.3 is 9.84 Å². The first-order chi connectivity index (χ1) is 13.9. The molecule has 1 unspecified atom stereocenters. The first-order valence-corrected chi connectivity index (χ1v) is 12.0. The Morgan fingerprint density at radius 3 is 2.23 bits per heavy atom. The highest BCUT2D eigenvalue weighted by Crippen LogP contribution is 2.31. The summed E-state index contributed by atoms with van der Waals surface area (Å²) in [4.78, 5) is 17.4. The lowest BCUT2D eigenvalue weighted by Crippen LogP contribution is -2.12. The highest BCUT2D eigenvalue weighted by molar-refractivity contribution is 7.77. The number of carbonyl (C=O) groups is 1. The monoisotopic (exact) mass is 452 g/mol. The Morgan fingerprint density at radius 1 is 1.23 bits per heavy atom. The minimum absolute atomic E-state index is 0.0963. The number of carbonyl (C=O) groups excluding carboxylic acids is 1. The minimum atomic E-state index is -2.30. The fourth-order valence-corrected chi connectivity index (χ4v) is 5.14. The number of hydrogen-bond donors (Lipinski definition) is 2. The van der Waals surface area contributed by atoms with Crippen molar-refractivity contribution in [3.8, 4) is 0 Å². The molecule has 166 valence electrons. The molecule has 0 fully saturated rings. The zero-order valence-electron chi connectivity index (χ0n) is 18.7. The van der Waals surface area contributed by atoms with Crippen LogP contribution >= 0.6 is 11.3 Å². The van der Waals surface area contributed by atoms with Gasteiger partial charge in [0.1, 0.15) is 0 Å². The number of aliphatic hydroxyl groups is 1. The number of hydrogen-bond acceptors (Lipinski definition) is 6. The average Bonchev–Trinajstić information content (AvgIpc) is 3.13. The third-order valence-electron chi connectivity index (χ3n) is 4.72. The van der Waals surface area contributed by atoms with Gasteiger partial charge in [-0.1, -0.05) is 39.8 Å². The van der Waals surface area contributed by atoms with Crippen molar-refractivity contribution >= 4 is 27.8 Å². The molecular formula is C22H32N2O4S2. The van der Waals surface area contributed by atoms with E-state index in [2.05, 4.69) is 49.2 Å². The highest BCUT2D eigenvalue weighted by atomic mass is 32.2. The molecule has 0 saturated carbocycles. The fourth-order valence-electron chi connectivity index (χ4n) is 3.23. The Morgan fingerprint density at radius 2 is 1.80 bits per heavy atom. The largest absolute Gasteiger partial charge is 0.385 e. The summed E-state index contributed by atoms with van der Waals surface area (Å²) in [5.74, 6) is 0.0211. The lowest BCUT2D eigenvalue weighted by molar-refractivity contribution is -0.117. The van der Waals surface area contributed by atoms with Gasteiger partial charge in [-0.15, -0.1) is 11.3 Å². The summed E-state index contributed by atoms with van der Waals surface area (Å²) in [7, 11) is -0.632. The van der Waals surface area contributed by atoms with Crippen LogP contribution in [0.15, 0.2) is 27.0 Å². The second-order valence-electron chi connectivity index (χ2n) is 8.50. The van der Waals surface area contributed by atoms with Gasteiger partial charge in [-0.25, -0.2) is 9.19 Å². The number of benzene rings is 1. The molecule has 1 heterocycles. The average molecular weight is 453 g/mol. The summed E-state index contributed by atoms with van der Waals surface area (Å²) < 4.78 is 22.0. The van der Waals surface area contributed by atoms with Gasteiger partial charge in [0.2, 0.25) is 0 Å². The molecule has 1 aromatic heterocycles. The molecule has 2 aromatic rings. The Kier molecular flexibility index (Phi) is 8.33. The zero-order chi connectivity index (χ0) is 22.6. The smallest absolute Gasteiger partial charge is 0.258 e. The number of amides is 1. The van der Waals surface area contributed by atoms with E-state index in [0.29, 0.717) is 11.5 Å². The molecule has 30 heavy (non-hydrogen) atoms. The molecule has 0 aliphatic heterocycles. The molecule has 0 spiro atoms. The van der Waals surface area contributed by atoms with Gasteiger partial charge in [0.05, 0.1) is 34.1 Å². The maximum Gasteiger partial charge on any atom is 0.258 e. The van der Waals surface area contributed by atoms with Crippen LogP contribution < -0.4 is 0 Å². The maximum atomic E-state index is 12.7. The molecule has 0 aliphatic rings. The quantitative estimate of drug-likeness (QED) is 0.573. The number of thiol groups is 1. The highest BCUT2D eigenvalue weighted by Gasteiger charge is 2.21. The topological polar surface area (TPSA) is 88.9 Å². The molecule has 0 saturated heterocycles. The number of nitrogens with zero attached hydrogens (tertiary/aromatic N) is 2. The molecule has 1 N–H and O–H groups in total. The second-order valence-corrected chi connectivity index (χ2v) is 11.0. The summed E-state index contributed by atoms with van der Waals surface area (Å²) in [6.45, 7) is 12.1. The predicted octanol–water partition coefficient (Wildman–Crippen LogP) is 4.56. The third kappa shape index (κ3) is 6.20. The first-order valence-electron chi connectivity index (χ1n) is 9.99. The zero-order valence-corrected chi connectivity index (χ0v) is 20.4. The van der Waals surface area contributed by atoms with Gasteiger partial charge in [0, 0.05) is 13.3 Å². The minimum Gasteiger partial charge on any atom is -0.385 e. The summed E-state index contributed by atoms with van der Waals surface area (Å²) in [5, 5.41) is 10.1. The van der Waals surface area contributed by atoms with E-state index in [0.717, 1.165) is 33.6 Å². The van der Waals surface area contributed by atoms with Gasteiger partial charge in [0.15, 0.2) is 4.34 Å². The van der Waals surface area contributed by atoms with E-state index in [1.807, 2.05) is 0 Å². The Labute approximate surface area is 184 Å². The van der Waals surface area contributed by atoms with Gasteiger partial charge >= 0.3 is 0 Å². The molecular weight excluding hydrogens is 420 g/mol. The van der Waals surface area contributed by atoms with Crippen molar-refractivity contribution in [2.45, 2.75) is 76.3 Å². The lowest BCUT2D eigenvalue weighted by atomic mass is 9.85. The van der Waals surface area contributed by atoms with Crippen LogP contribution in [0, 0.1) is 0 Å². The molecule has 0 aliphatic carbocycles. The molecule has 2 rings (SSSR count).